The minimum Gasteiger partial charge on any atom is -0.296 e. The first-order valence-corrected chi connectivity index (χ1v) is 13.2. The van der Waals surface area contributed by atoms with E-state index in [4.69, 9.17) is 0 Å². The Kier molecular flexibility index (Phi) is 7.12. The van der Waals surface area contributed by atoms with Gasteiger partial charge < -0.3 is 0 Å². The van der Waals surface area contributed by atoms with Crippen molar-refractivity contribution in [3.8, 4) is 16.0 Å². The van der Waals surface area contributed by atoms with Crippen LogP contribution in [0.25, 0.3) is 16.0 Å². The molecule has 4 aromatic rings. The van der Waals surface area contributed by atoms with Gasteiger partial charge in [0.1, 0.15) is 11.6 Å². The van der Waals surface area contributed by atoms with E-state index in [1.807, 2.05) is 29.6 Å². The molecule has 0 unspecified atom stereocenters. The van der Waals surface area contributed by atoms with Gasteiger partial charge in [0.25, 0.3) is 5.91 Å². The van der Waals surface area contributed by atoms with Gasteiger partial charge in [-0.25, -0.2) is 8.42 Å². The van der Waals surface area contributed by atoms with Crippen LogP contribution in [0.4, 0.5) is 10.8 Å². The zero-order valence-corrected chi connectivity index (χ0v) is 20.0. The number of aromatic nitrogens is 2. The standard InChI is InChI=1S/C23H17N5O3S3/c24-14-18(21(29)25-23-27-26-22(33-23)20-11-6-12-32-20)13-17-9-4-5-10-19(17)28-34(30,31)15-16-7-2-1-3-8-16/h1-13,28H,15H2,(H,25,27,29)/b18-13+. The van der Waals surface area contributed by atoms with Gasteiger partial charge in [-0.2, -0.15) is 5.26 Å². The highest BCUT2D eigenvalue weighted by Crippen LogP contribution is 2.30. The van der Waals surface area contributed by atoms with E-state index in [-0.39, 0.29) is 22.1 Å². The lowest BCUT2D eigenvalue weighted by molar-refractivity contribution is -0.112. The average Bonchev–Trinajstić information content (AvgIpc) is 3.50. The van der Waals surface area contributed by atoms with Gasteiger partial charge in [-0.3, -0.25) is 14.8 Å². The Morgan fingerprint density at radius 3 is 2.53 bits per heavy atom. The molecule has 2 aromatic heterocycles. The van der Waals surface area contributed by atoms with Gasteiger partial charge in [0.05, 0.1) is 16.3 Å². The summed E-state index contributed by atoms with van der Waals surface area (Å²) in [5, 5.41) is 23.0. The van der Waals surface area contributed by atoms with E-state index in [9.17, 15) is 18.5 Å². The summed E-state index contributed by atoms with van der Waals surface area (Å²) in [6.07, 6.45) is 1.33. The second kappa shape index (κ2) is 10.4. The van der Waals surface area contributed by atoms with Crippen molar-refractivity contribution in [2.24, 2.45) is 0 Å². The van der Waals surface area contributed by atoms with Crippen LogP contribution in [0, 0.1) is 11.3 Å². The van der Waals surface area contributed by atoms with Crippen molar-refractivity contribution in [1.82, 2.24) is 10.2 Å². The second-order valence-electron chi connectivity index (χ2n) is 6.95. The summed E-state index contributed by atoms with van der Waals surface area (Å²) < 4.78 is 27.9. The first-order valence-electron chi connectivity index (χ1n) is 9.87. The predicted molar refractivity (Wildman–Crippen MR) is 135 cm³/mol. The van der Waals surface area contributed by atoms with Crippen LogP contribution in [-0.4, -0.2) is 24.5 Å². The number of benzene rings is 2. The molecule has 1 amide bonds. The van der Waals surface area contributed by atoms with Crippen LogP contribution >= 0.6 is 22.7 Å². The summed E-state index contributed by atoms with van der Waals surface area (Å²) in [6, 6.07) is 21.0. The molecule has 0 aliphatic carbocycles. The number of amides is 1. The van der Waals surface area contributed by atoms with Crippen molar-refractivity contribution in [2.45, 2.75) is 5.75 Å². The molecule has 0 spiro atoms. The first kappa shape index (κ1) is 23.3. The maximum absolute atomic E-state index is 12.7. The second-order valence-corrected chi connectivity index (χ2v) is 10.6. The van der Waals surface area contributed by atoms with Crippen molar-refractivity contribution in [1.29, 1.82) is 5.26 Å². The third kappa shape index (κ3) is 5.93. The fraction of sp³-hybridized carbons (Fsp3) is 0.0435. The number of carbonyl (C=O) groups excluding carboxylic acids is 1. The molecule has 0 aliphatic rings. The first-order chi connectivity index (χ1) is 16.4. The molecule has 0 fully saturated rings. The molecule has 0 saturated heterocycles. The number of anilines is 2. The molecule has 0 atom stereocenters. The maximum Gasteiger partial charge on any atom is 0.268 e. The summed E-state index contributed by atoms with van der Waals surface area (Å²) in [7, 11) is -3.72. The van der Waals surface area contributed by atoms with Gasteiger partial charge in [0.15, 0.2) is 5.01 Å². The van der Waals surface area contributed by atoms with Crippen molar-refractivity contribution >= 4 is 55.5 Å². The van der Waals surface area contributed by atoms with Gasteiger partial charge >= 0.3 is 0 Å². The van der Waals surface area contributed by atoms with Crippen LogP contribution in [0.3, 0.4) is 0 Å². The van der Waals surface area contributed by atoms with Crippen molar-refractivity contribution in [3.63, 3.8) is 0 Å². The van der Waals surface area contributed by atoms with E-state index >= 15 is 0 Å². The number of thiophene rings is 1. The molecule has 0 aliphatic heterocycles. The summed E-state index contributed by atoms with van der Waals surface area (Å²) in [4.78, 5) is 13.6. The molecular weight excluding hydrogens is 490 g/mol. The zero-order valence-electron chi connectivity index (χ0n) is 17.5. The van der Waals surface area contributed by atoms with Crippen LogP contribution in [-0.2, 0) is 20.6 Å². The largest absolute Gasteiger partial charge is 0.296 e. The number of hydrogen-bond donors (Lipinski definition) is 2. The molecule has 2 aromatic carbocycles. The van der Waals surface area contributed by atoms with Crippen LogP contribution in [0.1, 0.15) is 11.1 Å². The Labute approximate surface area is 204 Å². The highest BCUT2D eigenvalue weighted by atomic mass is 32.2. The molecule has 11 heteroatoms. The lowest BCUT2D eigenvalue weighted by atomic mass is 10.1. The van der Waals surface area contributed by atoms with Gasteiger partial charge in [-0.15, -0.1) is 21.5 Å². The smallest absolute Gasteiger partial charge is 0.268 e. The number of hydrogen-bond acceptors (Lipinski definition) is 8. The van der Waals surface area contributed by atoms with Gasteiger partial charge in [-0.05, 0) is 29.2 Å². The number of nitrogens with zero attached hydrogens (tertiary/aromatic N) is 3. The predicted octanol–water partition coefficient (Wildman–Crippen LogP) is 4.75. The van der Waals surface area contributed by atoms with Crippen molar-refractivity contribution in [2.75, 3.05) is 10.0 Å². The third-order valence-corrected chi connectivity index (χ3v) is 7.59. The summed E-state index contributed by atoms with van der Waals surface area (Å²) in [5.41, 5.74) is 1.07. The number of nitriles is 1. The lowest BCUT2D eigenvalue weighted by Crippen LogP contribution is -2.16. The minimum atomic E-state index is -3.72. The minimum absolute atomic E-state index is 0.206. The third-order valence-electron chi connectivity index (χ3n) is 4.47. The van der Waals surface area contributed by atoms with E-state index in [1.165, 1.54) is 28.7 Å². The Morgan fingerprint density at radius 1 is 1.03 bits per heavy atom. The normalized spacial score (nSPS) is 11.6. The molecule has 0 bridgehead atoms. The number of rotatable bonds is 8. The molecule has 2 N–H and O–H groups in total. The highest BCUT2D eigenvalue weighted by molar-refractivity contribution is 7.91. The molecule has 170 valence electrons. The summed E-state index contributed by atoms with van der Waals surface area (Å²) in [5.74, 6) is -0.875. The topological polar surface area (TPSA) is 125 Å². The van der Waals surface area contributed by atoms with Gasteiger partial charge in [0.2, 0.25) is 15.2 Å². The Balaban J connectivity index is 1.52. The number of sulfonamides is 1. The van der Waals surface area contributed by atoms with E-state index in [2.05, 4.69) is 20.2 Å². The number of carbonyl (C=O) groups is 1. The molecule has 4 rings (SSSR count). The summed E-state index contributed by atoms with van der Waals surface area (Å²) >= 11 is 2.70. The quantitative estimate of drug-likeness (QED) is 0.262. The molecule has 34 heavy (non-hydrogen) atoms. The molecule has 0 saturated carbocycles. The molecular formula is C23H17N5O3S3. The van der Waals surface area contributed by atoms with Crippen LogP contribution in [0.5, 0.6) is 0 Å². The average molecular weight is 508 g/mol. The monoisotopic (exact) mass is 507 g/mol. The van der Waals surface area contributed by atoms with E-state index in [0.717, 1.165) is 4.88 Å². The van der Waals surface area contributed by atoms with E-state index in [1.54, 1.807) is 48.5 Å². The number of nitrogens with one attached hydrogen (secondary N) is 2. The Morgan fingerprint density at radius 2 is 1.79 bits per heavy atom. The molecule has 2 heterocycles. The van der Waals surface area contributed by atoms with Gasteiger partial charge in [0, 0.05) is 5.56 Å². The highest BCUT2D eigenvalue weighted by Gasteiger charge is 2.17. The van der Waals surface area contributed by atoms with Crippen LogP contribution in [0.15, 0.2) is 77.7 Å². The van der Waals surface area contributed by atoms with E-state index in [0.29, 0.717) is 16.1 Å². The van der Waals surface area contributed by atoms with Crippen LogP contribution < -0.4 is 10.0 Å². The Bertz CT molecular complexity index is 1470. The lowest BCUT2D eigenvalue weighted by Gasteiger charge is -2.11. The fourth-order valence-corrected chi connectivity index (χ4v) is 5.71. The molecule has 8 nitrogen and oxygen atoms in total. The van der Waals surface area contributed by atoms with Gasteiger partial charge in [-0.1, -0.05) is 65.9 Å². The summed E-state index contributed by atoms with van der Waals surface area (Å²) in [6.45, 7) is 0. The van der Waals surface area contributed by atoms with Crippen LogP contribution in [0.2, 0.25) is 0 Å². The molecule has 0 radical (unpaired) electrons. The SMILES string of the molecule is N#C/C(=C\c1ccccc1NS(=O)(=O)Cc1ccccc1)C(=O)Nc1nnc(-c2cccs2)s1. The fourth-order valence-electron chi connectivity index (χ4n) is 2.96. The Hall–Kier alpha value is -3.85. The van der Waals surface area contributed by atoms with Crippen molar-refractivity contribution < 1.29 is 13.2 Å². The maximum atomic E-state index is 12.7. The van der Waals surface area contributed by atoms with Crippen molar-refractivity contribution in [3.05, 3.63) is 88.8 Å². The zero-order chi connectivity index (χ0) is 24.0. The van der Waals surface area contributed by atoms with E-state index < -0.39 is 15.9 Å². The number of para-hydroxylation sites is 1.